The summed E-state index contributed by atoms with van der Waals surface area (Å²) in [5.41, 5.74) is 3.81. The van der Waals surface area contributed by atoms with Gasteiger partial charge in [-0.05, 0) is 31.0 Å². The molecule has 2 nitrogen and oxygen atoms in total. The summed E-state index contributed by atoms with van der Waals surface area (Å²) in [6.45, 7) is 7.36. The Hall–Kier alpha value is -1.28. The first-order valence-corrected chi connectivity index (χ1v) is 5.84. The Kier molecular flexibility index (Phi) is 3.01. The van der Waals surface area contributed by atoms with E-state index in [0.717, 1.165) is 0 Å². The number of benzene rings is 1. The smallest absolute Gasteiger partial charge is 0.0610 e. The quantitative estimate of drug-likeness (QED) is 0.839. The second-order valence-corrected chi connectivity index (χ2v) is 4.66. The van der Waals surface area contributed by atoms with Crippen molar-refractivity contribution in [3.63, 3.8) is 0 Å². The third kappa shape index (κ3) is 1.85. The molecule has 16 heavy (non-hydrogen) atoms. The van der Waals surface area contributed by atoms with E-state index >= 15 is 0 Å². The van der Waals surface area contributed by atoms with Gasteiger partial charge >= 0.3 is 0 Å². The lowest BCUT2D eigenvalue weighted by atomic mass is 10.1. The standard InChI is InChI=1S/C14H19NO/c1-10(2)14-9-12-8-11(3)4-5-13(12)15(14)6-7-16/h4-5,8-10,16H,6-7H2,1-3H3. The lowest BCUT2D eigenvalue weighted by molar-refractivity contribution is 0.276. The minimum absolute atomic E-state index is 0.192. The number of aromatic nitrogens is 1. The molecule has 0 bridgehead atoms. The molecule has 2 heteroatoms. The van der Waals surface area contributed by atoms with E-state index in [0.29, 0.717) is 12.5 Å². The zero-order valence-corrected chi connectivity index (χ0v) is 10.2. The maximum Gasteiger partial charge on any atom is 0.0610 e. The Morgan fingerprint density at radius 2 is 2.00 bits per heavy atom. The van der Waals surface area contributed by atoms with Gasteiger partial charge in [0.1, 0.15) is 0 Å². The van der Waals surface area contributed by atoms with Crippen LogP contribution in [0.1, 0.15) is 31.0 Å². The van der Waals surface area contributed by atoms with E-state index in [1.54, 1.807) is 0 Å². The fourth-order valence-corrected chi connectivity index (χ4v) is 2.24. The van der Waals surface area contributed by atoms with E-state index < -0.39 is 0 Å². The fourth-order valence-electron chi connectivity index (χ4n) is 2.24. The van der Waals surface area contributed by atoms with Crippen molar-refractivity contribution in [3.05, 3.63) is 35.5 Å². The summed E-state index contributed by atoms with van der Waals surface area (Å²) in [5, 5.41) is 10.4. The highest BCUT2D eigenvalue weighted by Crippen LogP contribution is 2.26. The molecular weight excluding hydrogens is 198 g/mol. The molecule has 0 saturated heterocycles. The SMILES string of the molecule is Cc1ccc2c(c1)cc(C(C)C)n2CCO. The molecule has 86 valence electrons. The van der Waals surface area contributed by atoms with Crippen LogP contribution in [-0.4, -0.2) is 16.3 Å². The van der Waals surface area contributed by atoms with Crippen molar-refractivity contribution < 1.29 is 5.11 Å². The van der Waals surface area contributed by atoms with Crippen LogP contribution in [0.15, 0.2) is 24.3 Å². The number of nitrogens with zero attached hydrogens (tertiary/aromatic N) is 1. The number of hydrogen-bond acceptors (Lipinski definition) is 1. The lowest BCUT2D eigenvalue weighted by Crippen LogP contribution is -2.07. The molecule has 0 aliphatic carbocycles. The first-order chi connectivity index (χ1) is 7.63. The molecule has 0 spiro atoms. The summed E-state index contributed by atoms with van der Waals surface area (Å²) in [5.74, 6) is 0.485. The van der Waals surface area contributed by atoms with Crippen LogP contribution in [0, 0.1) is 6.92 Å². The maximum absolute atomic E-state index is 9.14. The monoisotopic (exact) mass is 217 g/mol. The molecule has 0 saturated carbocycles. The third-order valence-electron chi connectivity index (χ3n) is 3.00. The number of hydrogen-bond donors (Lipinski definition) is 1. The topological polar surface area (TPSA) is 25.2 Å². The number of aryl methyl sites for hydroxylation is 1. The predicted octanol–water partition coefficient (Wildman–Crippen LogP) is 3.07. The van der Waals surface area contributed by atoms with Crippen LogP contribution in [0.4, 0.5) is 0 Å². The largest absolute Gasteiger partial charge is 0.395 e. The normalized spacial score (nSPS) is 11.6. The molecule has 2 rings (SSSR count). The van der Waals surface area contributed by atoms with Gasteiger partial charge in [0.2, 0.25) is 0 Å². The zero-order valence-electron chi connectivity index (χ0n) is 10.2. The summed E-state index contributed by atoms with van der Waals surface area (Å²) >= 11 is 0. The average molecular weight is 217 g/mol. The van der Waals surface area contributed by atoms with Crippen molar-refractivity contribution in [3.8, 4) is 0 Å². The minimum Gasteiger partial charge on any atom is -0.395 e. The van der Waals surface area contributed by atoms with Gasteiger partial charge in [-0.3, -0.25) is 0 Å². The lowest BCUT2D eigenvalue weighted by Gasteiger charge is -2.11. The van der Waals surface area contributed by atoms with Gasteiger partial charge in [0.15, 0.2) is 0 Å². The van der Waals surface area contributed by atoms with Crippen LogP contribution in [0.5, 0.6) is 0 Å². The zero-order chi connectivity index (χ0) is 11.7. The summed E-state index contributed by atoms with van der Waals surface area (Å²) in [6, 6.07) is 8.71. The Morgan fingerprint density at radius 1 is 1.25 bits per heavy atom. The van der Waals surface area contributed by atoms with Gasteiger partial charge in [-0.1, -0.05) is 25.5 Å². The number of aliphatic hydroxyl groups is 1. The van der Waals surface area contributed by atoms with Crippen molar-refractivity contribution in [2.45, 2.75) is 33.2 Å². The van der Waals surface area contributed by atoms with Crippen LogP contribution in [0.2, 0.25) is 0 Å². The molecule has 0 unspecified atom stereocenters. The van der Waals surface area contributed by atoms with Gasteiger partial charge in [0.25, 0.3) is 0 Å². The van der Waals surface area contributed by atoms with Crippen molar-refractivity contribution in [2.24, 2.45) is 0 Å². The van der Waals surface area contributed by atoms with Gasteiger partial charge in [-0.15, -0.1) is 0 Å². The molecule has 2 aromatic rings. The van der Waals surface area contributed by atoms with E-state index in [1.807, 2.05) is 0 Å². The highest BCUT2D eigenvalue weighted by atomic mass is 16.3. The molecule has 1 aromatic carbocycles. The molecule has 1 aromatic heterocycles. The molecule has 0 amide bonds. The average Bonchev–Trinajstić information content (AvgIpc) is 2.57. The van der Waals surface area contributed by atoms with Crippen LogP contribution < -0.4 is 0 Å². The molecule has 1 N–H and O–H groups in total. The summed E-state index contributed by atoms with van der Waals surface area (Å²) in [6.07, 6.45) is 0. The van der Waals surface area contributed by atoms with Crippen molar-refractivity contribution in [1.82, 2.24) is 4.57 Å². The van der Waals surface area contributed by atoms with Crippen LogP contribution in [0.3, 0.4) is 0 Å². The molecular formula is C14H19NO. The predicted molar refractivity (Wildman–Crippen MR) is 67.8 cm³/mol. The second kappa shape index (κ2) is 4.30. The van der Waals surface area contributed by atoms with E-state index in [9.17, 15) is 0 Å². The Balaban J connectivity index is 2.65. The van der Waals surface area contributed by atoms with E-state index in [4.69, 9.17) is 5.11 Å². The molecule has 0 atom stereocenters. The van der Waals surface area contributed by atoms with Crippen molar-refractivity contribution in [1.29, 1.82) is 0 Å². The Bertz CT molecular complexity index is 497. The van der Waals surface area contributed by atoms with Crippen LogP contribution in [0.25, 0.3) is 10.9 Å². The summed E-state index contributed by atoms with van der Waals surface area (Å²) in [4.78, 5) is 0. The van der Waals surface area contributed by atoms with Crippen molar-refractivity contribution in [2.75, 3.05) is 6.61 Å². The Morgan fingerprint density at radius 3 is 2.62 bits per heavy atom. The molecule has 0 aliphatic heterocycles. The molecule has 0 radical (unpaired) electrons. The van der Waals surface area contributed by atoms with E-state index in [1.165, 1.54) is 22.2 Å². The number of rotatable bonds is 3. The van der Waals surface area contributed by atoms with Gasteiger partial charge in [-0.2, -0.15) is 0 Å². The number of fused-ring (bicyclic) bond motifs is 1. The van der Waals surface area contributed by atoms with E-state index in [-0.39, 0.29) is 6.61 Å². The third-order valence-corrected chi connectivity index (χ3v) is 3.00. The van der Waals surface area contributed by atoms with Crippen molar-refractivity contribution >= 4 is 10.9 Å². The minimum atomic E-state index is 0.192. The molecule has 0 fully saturated rings. The van der Waals surface area contributed by atoms with Gasteiger partial charge in [0, 0.05) is 23.1 Å². The molecule has 0 aliphatic rings. The first-order valence-electron chi connectivity index (χ1n) is 5.84. The second-order valence-electron chi connectivity index (χ2n) is 4.66. The summed E-state index contributed by atoms with van der Waals surface area (Å²) < 4.78 is 2.22. The van der Waals surface area contributed by atoms with Gasteiger partial charge in [0.05, 0.1) is 6.61 Å². The fraction of sp³-hybridized carbons (Fsp3) is 0.429. The van der Waals surface area contributed by atoms with Gasteiger partial charge < -0.3 is 9.67 Å². The number of aliphatic hydroxyl groups excluding tert-OH is 1. The van der Waals surface area contributed by atoms with E-state index in [2.05, 4.69) is 49.6 Å². The highest BCUT2D eigenvalue weighted by Gasteiger charge is 2.10. The molecule has 1 heterocycles. The van der Waals surface area contributed by atoms with Crippen LogP contribution in [-0.2, 0) is 6.54 Å². The van der Waals surface area contributed by atoms with Crippen LogP contribution >= 0.6 is 0 Å². The van der Waals surface area contributed by atoms with Gasteiger partial charge in [-0.25, -0.2) is 0 Å². The highest BCUT2D eigenvalue weighted by molar-refractivity contribution is 5.82. The maximum atomic E-state index is 9.14. The Labute approximate surface area is 96.5 Å². The first kappa shape index (κ1) is 11.2. The summed E-state index contributed by atoms with van der Waals surface area (Å²) in [7, 11) is 0.